The number of rotatable bonds is 4. The summed E-state index contributed by atoms with van der Waals surface area (Å²) in [7, 11) is 0. The first-order valence-corrected chi connectivity index (χ1v) is 11.6. The standard InChI is InChI=1S/C26H21BrClNO3/c1-16-12-22-20(14-29(15-31-22)11-10-18-4-2-3-5-21(18)28)26-24(16)25(30)23(32-26)13-17-6-8-19(27)9-7-17/h2-9,12-13H,10-11,14-15H2,1H3/b23-13-. The fraction of sp³-hybridized carbons (Fsp3) is 0.192. The van der Waals surface area contributed by atoms with Crippen molar-refractivity contribution >= 4 is 39.4 Å². The van der Waals surface area contributed by atoms with Gasteiger partial charge in [0.05, 0.1) is 11.1 Å². The molecule has 3 aromatic rings. The molecule has 0 aliphatic carbocycles. The van der Waals surface area contributed by atoms with Crippen LogP contribution in [-0.4, -0.2) is 24.0 Å². The molecule has 0 unspecified atom stereocenters. The summed E-state index contributed by atoms with van der Waals surface area (Å²) in [5, 5.41) is 0.777. The SMILES string of the molecule is Cc1cc2c(c3c1C(=O)/C(=C/c1ccc(Br)cc1)O3)CN(CCc1ccccc1Cl)CO2. The van der Waals surface area contributed by atoms with Crippen LogP contribution in [0.5, 0.6) is 11.5 Å². The van der Waals surface area contributed by atoms with Crippen molar-refractivity contribution in [1.82, 2.24) is 4.90 Å². The molecule has 0 atom stereocenters. The second-order valence-electron chi connectivity index (χ2n) is 8.03. The van der Waals surface area contributed by atoms with Crippen LogP contribution < -0.4 is 9.47 Å². The maximum Gasteiger partial charge on any atom is 0.232 e. The van der Waals surface area contributed by atoms with Crippen LogP contribution >= 0.6 is 27.5 Å². The predicted molar refractivity (Wildman–Crippen MR) is 129 cm³/mol. The highest BCUT2D eigenvalue weighted by Gasteiger charge is 2.35. The number of fused-ring (bicyclic) bond motifs is 3. The van der Waals surface area contributed by atoms with Crippen LogP contribution in [0, 0.1) is 6.92 Å². The number of ether oxygens (including phenoxy) is 2. The maximum atomic E-state index is 13.1. The van der Waals surface area contributed by atoms with Crippen LogP contribution in [0.4, 0.5) is 0 Å². The molecule has 0 radical (unpaired) electrons. The van der Waals surface area contributed by atoms with E-state index in [0.717, 1.165) is 50.5 Å². The minimum absolute atomic E-state index is 0.0867. The summed E-state index contributed by atoms with van der Waals surface area (Å²) in [6.07, 6.45) is 2.61. The number of benzene rings is 3. The molecule has 3 aromatic carbocycles. The summed E-state index contributed by atoms with van der Waals surface area (Å²) in [5.41, 5.74) is 4.44. The van der Waals surface area contributed by atoms with E-state index in [0.29, 0.717) is 30.3 Å². The predicted octanol–water partition coefficient (Wildman–Crippen LogP) is 6.42. The second-order valence-corrected chi connectivity index (χ2v) is 9.36. The van der Waals surface area contributed by atoms with Gasteiger partial charge in [-0.2, -0.15) is 0 Å². The van der Waals surface area contributed by atoms with Crippen LogP contribution in [0.3, 0.4) is 0 Å². The van der Waals surface area contributed by atoms with Gasteiger partial charge < -0.3 is 9.47 Å². The van der Waals surface area contributed by atoms with Crippen LogP contribution in [0.2, 0.25) is 5.02 Å². The van der Waals surface area contributed by atoms with E-state index in [1.807, 2.05) is 61.5 Å². The van der Waals surface area contributed by atoms with Crippen LogP contribution in [0.1, 0.15) is 32.6 Å². The van der Waals surface area contributed by atoms with Gasteiger partial charge in [0.2, 0.25) is 5.78 Å². The van der Waals surface area contributed by atoms with Crippen molar-refractivity contribution in [2.75, 3.05) is 13.3 Å². The Balaban J connectivity index is 1.40. The molecule has 0 fully saturated rings. The summed E-state index contributed by atoms with van der Waals surface area (Å²) in [5.74, 6) is 1.66. The topological polar surface area (TPSA) is 38.8 Å². The molecule has 6 heteroatoms. The molecule has 2 heterocycles. The number of carbonyl (C=O) groups excluding carboxylic acids is 1. The Kier molecular flexibility index (Phi) is 5.80. The summed E-state index contributed by atoms with van der Waals surface area (Å²) in [4.78, 5) is 15.3. The minimum Gasteiger partial charge on any atom is -0.478 e. The van der Waals surface area contributed by atoms with Gasteiger partial charge in [-0.15, -0.1) is 0 Å². The van der Waals surface area contributed by atoms with Gasteiger partial charge in [0.25, 0.3) is 0 Å². The van der Waals surface area contributed by atoms with Gasteiger partial charge in [0.15, 0.2) is 5.76 Å². The Morgan fingerprint density at radius 3 is 2.72 bits per heavy atom. The average molecular weight is 511 g/mol. The van der Waals surface area contributed by atoms with Crippen LogP contribution in [0.25, 0.3) is 6.08 Å². The van der Waals surface area contributed by atoms with E-state index in [2.05, 4.69) is 20.8 Å². The third kappa shape index (κ3) is 4.08. The molecular weight excluding hydrogens is 490 g/mol. The fourth-order valence-electron chi connectivity index (χ4n) is 4.11. The summed E-state index contributed by atoms with van der Waals surface area (Å²) >= 11 is 9.74. The zero-order valence-corrected chi connectivity index (χ0v) is 19.9. The molecule has 5 rings (SSSR count). The van der Waals surface area contributed by atoms with E-state index >= 15 is 0 Å². The van der Waals surface area contributed by atoms with E-state index in [4.69, 9.17) is 21.1 Å². The molecule has 0 aromatic heterocycles. The number of carbonyl (C=O) groups is 1. The van der Waals surface area contributed by atoms with E-state index in [-0.39, 0.29) is 5.78 Å². The lowest BCUT2D eigenvalue weighted by Gasteiger charge is -2.30. The number of hydrogen-bond acceptors (Lipinski definition) is 4. The van der Waals surface area contributed by atoms with Gasteiger partial charge in [-0.25, -0.2) is 0 Å². The number of halogens is 2. The van der Waals surface area contributed by atoms with Crippen LogP contribution in [-0.2, 0) is 13.0 Å². The van der Waals surface area contributed by atoms with E-state index in [1.54, 1.807) is 6.08 Å². The van der Waals surface area contributed by atoms with Gasteiger partial charge in [-0.3, -0.25) is 9.69 Å². The highest BCUT2D eigenvalue weighted by molar-refractivity contribution is 9.10. The molecule has 0 amide bonds. The number of Topliss-reactive ketones (excluding diaryl/α,β-unsaturated/α-hetero) is 1. The number of aryl methyl sites for hydroxylation is 1. The van der Waals surface area contributed by atoms with Crippen molar-refractivity contribution in [1.29, 1.82) is 0 Å². The molecular formula is C26H21BrClNO3. The van der Waals surface area contributed by atoms with E-state index in [9.17, 15) is 4.79 Å². The fourth-order valence-corrected chi connectivity index (χ4v) is 4.60. The van der Waals surface area contributed by atoms with Gasteiger partial charge in [0, 0.05) is 22.6 Å². The molecule has 4 nitrogen and oxygen atoms in total. The maximum absolute atomic E-state index is 13.1. The second kappa shape index (κ2) is 8.74. The normalized spacial score (nSPS) is 16.5. The van der Waals surface area contributed by atoms with Gasteiger partial charge in [-0.05, 0) is 60.4 Å². The number of nitrogens with zero attached hydrogens (tertiary/aromatic N) is 1. The van der Waals surface area contributed by atoms with Crippen molar-refractivity contribution in [3.63, 3.8) is 0 Å². The molecule has 0 bridgehead atoms. The lowest BCUT2D eigenvalue weighted by Crippen LogP contribution is -2.34. The lowest BCUT2D eigenvalue weighted by molar-refractivity contribution is 0.0949. The third-order valence-corrected chi connectivity index (χ3v) is 6.71. The molecule has 0 saturated carbocycles. The quantitative estimate of drug-likeness (QED) is 0.380. The first-order chi connectivity index (χ1) is 15.5. The monoisotopic (exact) mass is 509 g/mol. The summed E-state index contributed by atoms with van der Waals surface area (Å²) < 4.78 is 13.2. The zero-order valence-electron chi connectivity index (χ0n) is 17.5. The largest absolute Gasteiger partial charge is 0.478 e. The molecule has 0 N–H and O–H groups in total. The molecule has 0 spiro atoms. The Labute approximate surface area is 200 Å². The molecule has 32 heavy (non-hydrogen) atoms. The number of allylic oxidation sites excluding steroid dienone is 1. The minimum atomic E-state index is -0.0867. The average Bonchev–Trinajstić information content (AvgIpc) is 3.12. The third-order valence-electron chi connectivity index (χ3n) is 5.81. The van der Waals surface area contributed by atoms with Gasteiger partial charge in [0.1, 0.15) is 18.2 Å². The van der Waals surface area contributed by atoms with Gasteiger partial charge in [-0.1, -0.05) is 57.9 Å². The summed E-state index contributed by atoms with van der Waals surface area (Å²) in [6, 6.07) is 17.6. The van der Waals surface area contributed by atoms with Crippen LogP contribution in [0.15, 0.2) is 64.8 Å². The first-order valence-electron chi connectivity index (χ1n) is 10.4. The highest BCUT2D eigenvalue weighted by Crippen LogP contribution is 2.44. The van der Waals surface area contributed by atoms with Crippen molar-refractivity contribution in [2.45, 2.75) is 19.9 Å². The Bertz CT molecular complexity index is 1240. The number of ketones is 1. The molecule has 2 aliphatic rings. The van der Waals surface area contributed by atoms with Crippen molar-refractivity contribution < 1.29 is 14.3 Å². The summed E-state index contributed by atoms with van der Waals surface area (Å²) in [6.45, 7) is 3.86. The molecule has 162 valence electrons. The molecule has 2 aliphatic heterocycles. The Hall–Kier alpha value is -2.60. The zero-order chi connectivity index (χ0) is 22.2. The highest BCUT2D eigenvalue weighted by atomic mass is 79.9. The molecule has 0 saturated heterocycles. The van der Waals surface area contributed by atoms with Crippen molar-refractivity contribution in [3.8, 4) is 11.5 Å². The Morgan fingerprint density at radius 1 is 1.16 bits per heavy atom. The number of hydrogen-bond donors (Lipinski definition) is 0. The van der Waals surface area contributed by atoms with Crippen molar-refractivity contribution in [2.24, 2.45) is 0 Å². The lowest BCUT2D eigenvalue weighted by atomic mass is 9.98. The Morgan fingerprint density at radius 2 is 1.94 bits per heavy atom. The van der Waals surface area contributed by atoms with Gasteiger partial charge >= 0.3 is 0 Å². The van der Waals surface area contributed by atoms with Crippen molar-refractivity contribution in [3.05, 3.63) is 97.7 Å². The first kappa shape index (κ1) is 21.3. The smallest absolute Gasteiger partial charge is 0.232 e. The van der Waals surface area contributed by atoms with E-state index in [1.165, 1.54) is 0 Å². The van der Waals surface area contributed by atoms with E-state index < -0.39 is 0 Å².